The van der Waals surface area contributed by atoms with Gasteiger partial charge in [0.05, 0.1) is 6.10 Å². The number of aliphatic hydroxyl groups excluding tert-OH is 1. The van der Waals surface area contributed by atoms with Crippen LogP contribution >= 0.6 is 0 Å². The van der Waals surface area contributed by atoms with Crippen LogP contribution in [0.15, 0.2) is 24.8 Å². The molecular formula is C9H12O2. The van der Waals surface area contributed by atoms with Gasteiger partial charge in [0.25, 0.3) is 0 Å². The van der Waals surface area contributed by atoms with E-state index in [1.807, 2.05) is 0 Å². The highest BCUT2D eigenvalue weighted by Gasteiger charge is 2.21. The normalized spacial score (nSPS) is 30.5. The average molecular weight is 152 g/mol. The van der Waals surface area contributed by atoms with E-state index in [0.717, 1.165) is 0 Å². The van der Waals surface area contributed by atoms with Gasteiger partial charge in [0.1, 0.15) is 0 Å². The summed E-state index contributed by atoms with van der Waals surface area (Å²) >= 11 is 0. The van der Waals surface area contributed by atoms with Crippen molar-refractivity contribution in [1.82, 2.24) is 0 Å². The zero-order valence-electron chi connectivity index (χ0n) is 6.36. The molecule has 0 bridgehead atoms. The molecule has 2 heteroatoms. The number of carbonyl (C=O) groups excluding carboxylic acids is 1. The van der Waals surface area contributed by atoms with E-state index in [4.69, 9.17) is 0 Å². The molecule has 0 aromatic heterocycles. The lowest BCUT2D eigenvalue weighted by Gasteiger charge is -2.20. The molecule has 0 amide bonds. The molecule has 1 rings (SSSR count). The van der Waals surface area contributed by atoms with Crippen molar-refractivity contribution in [3.63, 3.8) is 0 Å². The Balaban J connectivity index is 2.59. The molecular weight excluding hydrogens is 140 g/mol. The molecule has 1 aliphatic carbocycles. The molecule has 1 N–H and O–H groups in total. The van der Waals surface area contributed by atoms with Gasteiger partial charge < -0.3 is 5.11 Å². The molecule has 0 unspecified atom stereocenters. The Hall–Kier alpha value is -0.890. The molecule has 1 aliphatic rings. The van der Waals surface area contributed by atoms with Crippen LogP contribution in [0.5, 0.6) is 0 Å². The zero-order valence-corrected chi connectivity index (χ0v) is 6.36. The number of hydrogen-bond acceptors (Lipinski definition) is 2. The highest BCUT2D eigenvalue weighted by atomic mass is 16.3. The molecule has 2 atom stereocenters. The summed E-state index contributed by atoms with van der Waals surface area (Å²) in [6.45, 7) is 3.57. The second kappa shape index (κ2) is 3.49. The quantitative estimate of drug-likeness (QED) is 0.601. The maximum atomic E-state index is 10.9. The predicted molar refractivity (Wildman–Crippen MR) is 43.1 cm³/mol. The van der Waals surface area contributed by atoms with E-state index in [-0.39, 0.29) is 11.7 Å². The van der Waals surface area contributed by atoms with E-state index in [9.17, 15) is 9.90 Å². The Labute approximate surface area is 66.2 Å². The van der Waals surface area contributed by atoms with Gasteiger partial charge in [-0.25, -0.2) is 0 Å². The summed E-state index contributed by atoms with van der Waals surface area (Å²) < 4.78 is 0. The van der Waals surface area contributed by atoms with E-state index in [2.05, 4.69) is 6.58 Å². The fourth-order valence-electron chi connectivity index (χ4n) is 1.25. The largest absolute Gasteiger partial charge is 0.389 e. The third-order valence-electron chi connectivity index (χ3n) is 1.90. The summed E-state index contributed by atoms with van der Waals surface area (Å²) in [6, 6.07) is 0. The third-order valence-corrected chi connectivity index (χ3v) is 1.90. The lowest BCUT2D eigenvalue weighted by atomic mass is 9.88. The van der Waals surface area contributed by atoms with Gasteiger partial charge in [-0.2, -0.15) is 0 Å². The molecule has 0 aliphatic heterocycles. The minimum Gasteiger partial charge on any atom is -0.389 e. The summed E-state index contributed by atoms with van der Waals surface area (Å²) in [5.74, 6) is 0.146. The zero-order chi connectivity index (χ0) is 8.27. The van der Waals surface area contributed by atoms with Crippen molar-refractivity contribution in [2.75, 3.05) is 0 Å². The molecule has 0 fully saturated rings. The standard InChI is InChI=1S/C9H12O2/c1-2-3-7-6-8(10)4-5-9(7)11/h2,4-5,7,9,11H,1,3,6H2/t7-,9-/m0/s1. The van der Waals surface area contributed by atoms with Crippen molar-refractivity contribution in [2.24, 2.45) is 5.92 Å². The third kappa shape index (κ3) is 2.02. The molecule has 60 valence electrons. The van der Waals surface area contributed by atoms with Crippen molar-refractivity contribution in [1.29, 1.82) is 0 Å². The van der Waals surface area contributed by atoms with Crippen molar-refractivity contribution in [2.45, 2.75) is 18.9 Å². The number of hydrogen-bond donors (Lipinski definition) is 1. The van der Waals surface area contributed by atoms with Gasteiger partial charge in [-0.15, -0.1) is 6.58 Å². The highest BCUT2D eigenvalue weighted by Crippen LogP contribution is 2.20. The number of aliphatic hydroxyl groups is 1. The lowest BCUT2D eigenvalue weighted by Crippen LogP contribution is -2.24. The minimum absolute atomic E-state index is 0.0463. The van der Waals surface area contributed by atoms with E-state index in [1.165, 1.54) is 6.08 Å². The number of allylic oxidation sites excluding steroid dienone is 2. The van der Waals surface area contributed by atoms with Crippen LogP contribution < -0.4 is 0 Å². The lowest BCUT2D eigenvalue weighted by molar-refractivity contribution is -0.116. The number of ketones is 1. The Bertz CT molecular complexity index is 194. The maximum Gasteiger partial charge on any atom is 0.155 e. The predicted octanol–water partition coefficient (Wildman–Crippen LogP) is 1.07. The van der Waals surface area contributed by atoms with Gasteiger partial charge in [0, 0.05) is 6.42 Å². The first-order valence-electron chi connectivity index (χ1n) is 3.74. The Morgan fingerprint density at radius 2 is 2.55 bits per heavy atom. The van der Waals surface area contributed by atoms with E-state index in [0.29, 0.717) is 12.8 Å². The number of carbonyl (C=O) groups is 1. The second-order valence-corrected chi connectivity index (χ2v) is 2.80. The van der Waals surface area contributed by atoms with Crippen LogP contribution in [0.4, 0.5) is 0 Å². The van der Waals surface area contributed by atoms with E-state index < -0.39 is 6.10 Å². The van der Waals surface area contributed by atoms with Gasteiger partial charge in [0.15, 0.2) is 5.78 Å². The van der Waals surface area contributed by atoms with Crippen LogP contribution in [0, 0.1) is 5.92 Å². The first kappa shape index (κ1) is 8.21. The molecule has 0 spiro atoms. The monoisotopic (exact) mass is 152 g/mol. The molecule has 0 saturated carbocycles. The molecule has 0 heterocycles. The fourth-order valence-corrected chi connectivity index (χ4v) is 1.25. The van der Waals surface area contributed by atoms with Gasteiger partial charge in [-0.1, -0.05) is 12.2 Å². The van der Waals surface area contributed by atoms with Crippen LogP contribution in [0.3, 0.4) is 0 Å². The van der Waals surface area contributed by atoms with Crippen molar-refractivity contribution < 1.29 is 9.90 Å². The van der Waals surface area contributed by atoms with Crippen molar-refractivity contribution in [3.8, 4) is 0 Å². The fraction of sp³-hybridized carbons (Fsp3) is 0.444. The van der Waals surface area contributed by atoms with Crippen LogP contribution in [0.25, 0.3) is 0 Å². The van der Waals surface area contributed by atoms with Crippen molar-refractivity contribution >= 4 is 5.78 Å². The van der Waals surface area contributed by atoms with Gasteiger partial charge in [0.2, 0.25) is 0 Å². The molecule has 0 aromatic rings. The summed E-state index contributed by atoms with van der Waals surface area (Å²) in [5, 5.41) is 9.33. The van der Waals surface area contributed by atoms with E-state index >= 15 is 0 Å². The Morgan fingerprint density at radius 3 is 3.18 bits per heavy atom. The van der Waals surface area contributed by atoms with Crippen molar-refractivity contribution in [3.05, 3.63) is 24.8 Å². The highest BCUT2D eigenvalue weighted by molar-refractivity contribution is 5.90. The molecule has 2 nitrogen and oxygen atoms in total. The molecule has 0 saturated heterocycles. The van der Waals surface area contributed by atoms with Gasteiger partial charge >= 0.3 is 0 Å². The number of rotatable bonds is 2. The first-order valence-corrected chi connectivity index (χ1v) is 3.74. The summed E-state index contributed by atoms with van der Waals surface area (Å²) in [7, 11) is 0. The van der Waals surface area contributed by atoms with Crippen LogP contribution in [-0.4, -0.2) is 17.0 Å². The first-order chi connectivity index (χ1) is 5.24. The summed E-state index contributed by atoms with van der Waals surface area (Å²) in [5.41, 5.74) is 0. The second-order valence-electron chi connectivity index (χ2n) is 2.80. The summed E-state index contributed by atoms with van der Waals surface area (Å²) in [4.78, 5) is 10.9. The van der Waals surface area contributed by atoms with Gasteiger partial charge in [-0.3, -0.25) is 4.79 Å². The smallest absolute Gasteiger partial charge is 0.155 e. The Morgan fingerprint density at radius 1 is 1.82 bits per heavy atom. The van der Waals surface area contributed by atoms with Crippen LogP contribution in [0.2, 0.25) is 0 Å². The average Bonchev–Trinajstić information content (AvgIpc) is 1.98. The Kier molecular flexibility index (Phi) is 2.60. The molecule has 0 aromatic carbocycles. The topological polar surface area (TPSA) is 37.3 Å². The summed E-state index contributed by atoms with van der Waals surface area (Å²) in [6.07, 6.45) is 5.43. The minimum atomic E-state index is -0.467. The maximum absolute atomic E-state index is 10.9. The molecule has 11 heavy (non-hydrogen) atoms. The van der Waals surface area contributed by atoms with Gasteiger partial charge in [-0.05, 0) is 18.4 Å². The van der Waals surface area contributed by atoms with Crippen LogP contribution in [0.1, 0.15) is 12.8 Å². The molecule has 0 radical (unpaired) electrons. The van der Waals surface area contributed by atoms with E-state index in [1.54, 1.807) is 12.2 Å². The SMILES string of the molecule is C=CC[C@H]1CC(=O)C=C[C@@H]1O. The van der Waals surface area contributed by atoms with Crippen LogP contribution in [-0.2, 0) is 4.79 Å².